The normalized spacial score (nSPS) is 9.95. The van der Waals surface area contributed by atoms with Gasteiger partial charge in [0.1, 0.15) is 5.75 Å². The average Bonchev–Trinajstić information content (AvgIpc) is 2.44. The van der Waals surface area contributed by atoms with E-state index in [-0.39, 0.29) is 18.4 Å². The van der Waals surface area contributed by atoms with Gasteiger partial charge < -0.3 is 20.7 Å². The monoisotopic (exact) mass is 279 g/mol. The molecule has 20 heavy (non-hydrogen) atoms. The summed E-state index contributed by atoms with van der Waals surface area (Å²) in [5.74, 6) is -0.0589. The van der Waals surface area contributed by atoms with E-state index in [1.54, 1.807) is 25.2 Å². The van der Waals surface area contributed by atoms with E-state index >= 15 is 0 Å². The van der Waals surface area contributed by atoms with Crippen LogP contribution in [0.15, 0.2) is 18.2 Å². The van der Waals surface area contributed by atoms with Crippen molar-refractivity contribution in [2.24, 2.45) is 0 Å². The fraction of sp³-hybridized carbons (Fsp3) is 0.429. The summed E-state index contributed by atoms with van der Waals surface area (Å²) in [6.45, 7) is 2.56. The first-order valence-corrected chi connectivity index (χ1v) is 6.45. The largest absolute Gasteiger partial charge is 0.496 e. The van der Waals surface area contributed by atoms with Crippen molar-refractivity contribution in [1.29, 1.82) is 0 Å². The van der Waals surface area contributed by atoms with Crippen molar-refractivity contribution in [2.75, 3.05) is 33.0 Å². The third kappa shape index (κ3) is 4.15. The summed E-state index contributed by atoms with van der Waals surface area (Å²) in [6.07, 6.45) is 0.854. The molecule has 6 heteroatoms. The molecule has 1 aromatic rings. The molecule has 0 aromatic heterocycles. The number of rotatable bonds is 6. The lowest BCUT2D eigenvalue weighted by Crippen LogP contribution is -2.38. The topological polar surface area (TPSA) is 84.7 Å². The van der Waals surface area contributed by atoms with Gasteiger partial charge in [0.05, 0.1) is 19.2 Å². The third-order valence-corrected chi connectivity index (χ3v) is 2.75. The Morgan fingerprint density at radius 1 is 1.40 bits per heavy atom. The minimum atomic E-state index is -0.305. The summed E-state index contributed by atoms with van der Waals surface area (Å²) in [5.41, 5.74) is 6.50. The van der Waals surface area contributed by atoms with E-state index in [2.05, 4.69) is 5.32 Å². The van der Waals surface area contributed by atoms with Crippen LogP contribution in [-0.2, 0) is 4.79 Å². The Labute approximate surface area is 118 Å². The number of ether oxygens (including phenoxy) is 1. The molecule has 2 amide bonds. The second-order valence-corrected chi connectivity index (χ2v) is 4.47. The maximum absolute atomic E-state index is 12.3. The maximum atomic E-state index is 12.3. The van der Waals surface area contributed by atoms with Crippen molar-refractivity contribution in [3.63, 3.8) is 0 Å². The fourth-order valence-electron chi connectivity index (χ4n) is 1.71. The number of nitrogens with two attached hydrogens (primary N) is 1. The Morgan fingerprint density at radius 3 is 2.70 bits per heavy atom. The molecule has 0 atom stereocenters. The molecule has 1 aromatic carbocycles. The van der Waals surface area contributed by atoms with Gasteiger partial charge in [-0.3, -0.25) is 9.59 Å². The van der Waals surface area contributed by atoms with Gasteiger partial charge in [-0.05, 0) is 24.6 Å². The van der Waals surface area contributed by atoms with Crippen molar-refractivity contribution >= 4 is 17.5 Å². The second kappa shape index (κ2) is 7.37. The number of hydrogen-bond donors (Lipinski definition) is 2. The number of carbonyl (C=O) groups excluding carboxylic acids is 2. The van der Waals surface area contributed by atoms with Crippen LogP contribution in [0, 0.1) is 0 Å². The molecule has 0 radical (unpaired) electrons. The van der Waals surface area contributed by atoms with Crippen LogP contribution in [0.4, 0.5) is 5.69 Å². The van der Waals surface area contributed by atoms with Crippen LogP contribution in [-0.4, -0.2) is 44.0 Å². The number of likely N-dealkylation sites (N-methyl/N-ethyl adjacent to an activating group) is 1. The van der Waals surface area contributed by atoms with Gasteiger partial charge in [0.25, 0.3) is 5.91 Å². The number of nitrogens with one attached hydrogen (secondary N) is 1. The Morgan fingerprint density at radius 2 is 2.10 bits per heavy atom. The number of nitrogen functional groups attached to an aromatic ring is 1. The van der Waals surface area contributed by atoms with Crippen LogP contribution in [0.3, 0.4) is 0 Å². The molecule has 0 fully saturated rings. The zero-order valence-electron chi connectivity index (χ0n) is 12.1. The first kappa shape index (κ1) is 15.8. The van der Waals surface area contributed by atoms with Crippen molar-refractivity contribution in [1.82, 2.24) is 10.2 Å². The van der Waals surface area contributed by atoms with Gasteiger partial charge in [0, 0.05) is 19.3 Å². The number of hydrogen-bond acceptors (Lipinski definition) is 4. The molecule has 0 unspecified atom stereocenters. The van der Waals surface area contributed by atoms with Crippen LogP contribution in [0.2, 0.25) is 0 Å². The Balaban J connectivity index is 2.78. The van der Waals surface area contributed by atoms with E-state index in [1.807, 2.05) is 6.92 Å². The third-order valence-electron chi connectivity index (χ3n) is 2.75. The number of methoxy groups -OCH3 is 1. The highest BCUT2D eigenvalue weighted by Crippen LogP contribution is 2.22. The van der Waals surface area contributed by atoms with E-state index in [9.17, 15) is 9.59 Å². The molecule has 3 N–H and O–H groups in total. The predicted octanol–water partition coefficient (Wildman–Crippen LogP) is 0.876. The molecule has 0 aliphatic rings. The summed E-state index contributed by atoms with van der Waals surface area (Å²) in [5, 5.41) is 2.72. The first-order valence-electron chi connectivity index (χ1n) is 6.45. The Kier molecular flexibility index (Phi) is 5.83. The summed E-state index contributed by atoms with van der Waals surface area (Å²) in [4.78, 5) is 25.2. The molecular formula is C14H21N3O3. The van der Waals surface area contributed by atoms with Crippen molar-refractivity contribution < 1.29 is 14.3 Å². The molecule has 0 bridgehead atoms. The van der Waals surface area contributed by atoms with E-state index in [0.29, 0.717) is 23.5 Å². The van der Waals surface area contributed by atoms with Gasteiger partial charge >= 0.3 is 0 Å². The molecule has 110 valence electrons. The molecule has 0 aliphatic carbocycles. The van der Waals surface area contributed by atoms with Gasteiger partial charge in [0.15, 0.2) is 0 Å². The smallest absolute Gasteiger partial charge is 0.257 e. The van der Waals surface area contributed by atoms with Gasteiger partial charge in [0.2, 0.25) is 5.91 Å². The average molecular weight is 279 g/mol. The van der Waals surface area contributed by atoms with Crippen LogP contribution >= 0.6 is 0 Å². The van der Waals surface area contributed by atoms with E-state index in [0.717, 1.165) is 6.42 Å². The SMILES string of the molecule is CCCNC(=O)CN(C)C(=O)c1cc(N)ccc1OC. The maximum Gasteiger partial charge on any atom is 0.257 e. The summed E-state index contributed by atoms with van der Waals surface area (Å²) < 4.78 is 5.14. The van der Waals surface area contributed by atoms with Gasteiger partial charge in [-0.1, -0.05) is 6.92 Å². The number of nitrogens with zero attached hydrogens (tertiary/aromatic N) is 1. The lowest BCUT2D eigenvalue weighted by Gasteiger charge is -2.18. The molecule has 1 rings (SSSR count). The zero-order chi connectivity index (χ0) is 15.1. The first-order chi connectivity index (χ1) is 9.49. The molecular weight excluding hydrogens is 258 g/mol. The molecule has 0 saturated heterocycles. The van der Waals surface area contributed by atoms with E-state index < -0.39 is 0 Å². The minimum absolute atomic E-state index is 0.00319. The van der Waals surface area contributed by atoms with Crippen LogP contribution in [0.5, 0.6) is 5.75 Å². The summed E-state index contributed by atoms with van der Waals surface area (Å²) in [7, 11) is 3.05. The lowest BCUT2D eigenvalue weighted by molar-refractivity contribution is -0.121. The zero-order valence-corrected chi connectivity index (χ0v) is 12.1. The van der Waals surface area contributed by atoms with Gasteiger partial charge in [-0.25, -0.2) is 0 Å². The van der Waals surface area contributed by atoms with Gasteiger partial charge in [-0.2, -0.15) is 0 Å². The van der Waals surface area contributed by atoms with Gasteiger partial charge in [-0.15, -0.1) is 0 Å². The number of benzene rings is 1. The fourth-order valence-corrected chi connectivity index (χ4v) is 1.71. The van der Waals surface area contributed by atoms with Crippen molar-refractivity contribution in [3.8, 4) is 5.75 Å². The van der Waals surface area contributed by atoms with Crippen LogP contribution < -0.4 is 15.8 Å². The van der Waals surface area contributed by atoms with Crippen LogP contribution in [0.25, 0.3) is 0 Å². The highest BCUT2D eigenvalue weighted by molar-refractivity contribution is 5.99. The predicted molar refractivity (Wildman–Crippen MR) is 77.7 cm³/mol. The standard InChI is InChI=1S/C14H21N3O3/c1-4-7-16-13(18)9-17(2)14(19)11-8-10(15)5-6-12(11)20-3/h5-6,8H,4,7,9,15H2,1-3H3,(H,16,18). The number of anilines is 1. The quantitative estimate of drug-likeness (QED) is 0.757. The highest BCUT2D eigenvalue weighted by atomic mass is 16.5. The molecule has 0 aliphatic heterocycles. The Bertz CT molecular complexity index is 489. The highest BCUT2D eigenvalue weighted by Gasteiger charge is 2.18. The van der Waals surface area contributed by atoms with Crippen molar-refractivity contribution in [2.45, 2.75) is 13.3 Å². The van der Waals surface area contributed by atoms with E-state index in [4.69, 9.17) is 10.5 Å². The number of carbonyl (C=O) groups is 2. The number of amides is 2. The second-order valence-electron chi connectivity index (χ2n) is 4.47. The lowest BCUT2D eigenvalue weighted by atomic mass is 10.1. The molecule has 0 heterocycles. The summed E-state index contributed by atoms with van der Waals surface area (Å²) in [6, 6.07) is 4.83. The van der Waals surface area contributed by atoms with Crippen molar-refractivity contribution in [3.05, 3.63) is 23.8 Å². The molecule has 0 spiro atoms. The van der Waals surface area contributed by atoms with E-state index in [1.165, 1.54) is 12.0 Å². The molecule has 0 saturated carbocycles. The molecule has 6 nitrogen and oxygen atoms in total. The Hall–Kier alpha value is -2.24. The summed E-state index contributed by atoms with van der Waals surface area (Å²) >= 11 is 0. The van der Waals surface area contributed by atoms with Crippen LogP contribution in [0.1, 0.15) is 23.7 Å². The minimum Gasteiger partial charge on any atom is -0.496 e.